The summed E-state index contributed by atoms with van der Waals surface area (Å²) >= 11 is 0. The summed E-state index contributed by atoms with van der Waals surface area (Å²) in [5, 5.41) is 3.20. The zero-order valence-electron chi connectivity index (χ0n) is 17.9. The molecule has 4 atom stereocenters. The average molecular weight is 387 g/mol. The van der Waals surface area contributed by atoms with Gasteiger partial charge in [-0.25, -0.2) is 9.97 Å². The maximum atomic E-state index is 12.2. The smallest absolute Gasteiger partial charge is 0.220 e. The standard InChI is InChI=1S/C22H34N4O2/c1-13(2)6-7-20(27)23-10-17-18-11-26(12-22(18)9-8-19(17)28-22)21-14(3)15(4)24-16(5)25-21/h13,17-19H,6-12H2,1-5H3,(H,23,27)/t17-,18+,19+,22+/m0/s1. The molecule has 1 amide bonds. The van der Waals surface area contributed by atoms with Crippen molar-refractivity contribution in [2.24, 2.45) is 17.8 Å². The van der Waals surface area contributed by atoms with Crippen LogP contribution in [0.2, 0.25) is 0 Å². The molecule has 1 aromatic heterocycles. The molecule has 2 bridgehead atoms. The molecule has 6 heteroatoms. The van der Waals surface area contributed by atoms with E-state index in [1.165, 1.54) is 0 Å². The van der Waals surface area contributed by atoms with E-state index in [4.69, 9.17) is 9.72 Å². The van der Waals surface area contributed by atoms with Crippen LogP contribution in [0.5, 0.6) is 0 Å². The van der Waals surface area contributed by atoms with Gasteiger partial charge in [-0.05, 0) is 46.0 Å². The number of rotatable bonds is 6. The van der Waals surface area contributed by atoms with Crippen LogP contribution in [0.3, 0.4) is 0 Å². The van der Waals surface area contributed by atoms with Crippen molar-refractivity contribution >= 4 is 11.7 Å². The van der Waals surface area contributed by atoms with Crippen LogP contribution in [-0.2, 0) is 9.53 Å². The van der Waals surface area contributed by atoms with E-state index in [1.807, 2.05) is 6.92 Å². The Morgan fingerprint density at radius 2 is 2.11 bits per heavy atom. The van der Waals surface area contributed by atoms with Crippen molar-refractivity contribution in [3.05, 3.63) is 17.1 Å². The summed E-state index contributed by atoms with van der Waals surface area (Å²) in [7, 11) is 0. The first kappa shape index (κ1) is 19.6. The first-order valence-corrected chi connectivity index (χ1v) is 10.8. The Morgan fingerprint density at radius 1 is 1.32 bits per heavy atom. The minimum atomic E-state index is -0.0583. The quantitative estimate of drug-likeness (QED) is 0.814. The third-order valence-corrected chi connectivity index (χ3v) is 7.04. The van der Waals surface area contributed by atoms with Gasteiger partial charge in [-0.15, -0.1) is 0 Å². The predicted molar refractivity (Wildman–Crippen MR) is 109 cm³/mol. The first-order chi connectivity index (χ1) is 13.3. The second-order valence-electron chi connectivity index (χ2n) is 9.45. The fraction of sp³-hybridized carbons (Fsp3) is 0.773. The van der Waals surface area contributed by atoms with Crippen molar-refractivity contribution in [1.82, 2.24) is 15.3 Å². The number of anilines is 1. The fourth-order valence-corrected chi connectivity index (χ4v) is 5.42. The molecule has 3 saturated heterocycles. The highest BCUT2D eigenvalue weighted by Gasteiger charge is 2.63. The molecule has 3 aliphatic heterocycles. The molecule has 0 unspecified atom stereocenters. The van der Waals surface area contributed by atoms with E-state index in [0.29, 0.717) is 30.3 Å². The highest BCUT2D eigenvalue weighted by molar-refractivity contribution is 5.75. The van der Waals surface area contributed by atoms with Crippen LogP contribution in [0, 0.1) is 38.5 Å². The number of aryl methyl sites for hydroxylation is 2. The number of ether oxygens (including phenoxy) is 1. The minimum Gasteiger partial charge on any atom is -0.369 e. The van der Waals surface area contributed by atoms with Gasteiger partial charge in [0.2, 0.25) is 5.91 Å². The van der Waals surface area contributed by atoms with Gasteiger partial charge in [0.15, 0.2) is 0 Å². The Labute approximate surface area is 168 Å². The van der Waals surface area contributed by atoms with Crippen molar-refractivity contribution in [1.29, 1.82) is 0 Å². The number of carbonyl (C=O) groups excluding carboxylic acids is 1. The average Bonchev–Trinajstić information content (AvgIpc) is 3.29. The fourth-order valence-electron chi connectivity index (χ4n) is 5.42. The van der Waals surface area contributed by atoms with Crippen molar-refractivity contribution in [2.45, 2.75) is 72.0 Å². The van der Waals surface area contributed by atoms with Crippen LogP contribution in [0.1, 0.15) is 56.6 Å². The summed E-state index contributed by atoms with van der Waals surface area (Å²) in [6, 6.07) is 0. The van der Waals surface area contributed by atoms with Crippen molar-refractivity contribution in [3.63, 3.8) is 0 Å². The van der Waals surface area contributed by atoms with Crippen molar-refractivity contribution in [2.75, 3.05) is 24.5 Å². The number of carbonyl (C=O) groups is 1. The Hall–Kier alpha value is -1.69. The second-order valence-corrected chi connectivity index (χ2v) is 9.45. The van der Waals surface area contributed by atoms with E-state index < -0.39 is 0 Å². The maximum Gasteiger partial charge on any atom is 0.220 e. The Kier molecular flexibility index (Phi) is 5.10. The number of aromatic nitrogens is 2. The van der Waals surface area contributed by atoms with Gasteiger partial charge >= 0.3 is 0 Å². The lowest BCUT2D eigenvalue weighted by atomic mass is 9.73. The molecule has 1 N–H and O–H groups in total. The predicted octanol–water partition coefficient (Wildman–Crippen LogP) is 2.94. The molecular formula is C22H34N4O2. The third kappa shape index (κ3) is 3.40. The Balaban J connectivity index is 1.46. The summed E-state index contributed by atoms with van der Waals surface area (Å²) in [5.41, 5.74) is 2.16. The lowest BCUT2D eigenvalue weighted by molar-refractivity contribution is -0.121. The van der Waals surface area contributed by atoms with Crippen LogP contribution in [0.15, 0.2) is 0 Å². The van der Waals surface area contributed by atoms with Gasteiger partial charge in [-0.3, -0.25) is 4.79 Å². The SMILES string of the molecule is Cc1nc(C)c(C)c(N2C[C@@H]3[C@H](CNC(=O)CCC(C)C)[C@H]4CC[C@]3(C2)O4)n1. The molecule has 6 nitrogen and oxygen atoms in total. The Bertz CT molecular complexity index is 765. The molecule has 1 aromatic rings. The van der Waals surface area contributed by atoms with E-state index in [1.54, 1.807) is 0 Å². The Morgan fingerprint density at radius 3 is 2.86 bits per heavy atom. The molecule has 154 valence electrons. The molecule has 0 aliphatic carbocycles. The molecule has 1 spiro atoms. The normalized spacial score (nSPS) is 30.9. The van der Waals surface area contributed by atoms with Gasteiger partial charge in [0.25, 0.3) is 0 Å². The van der Waals surface area contributed by atoms with Crippen LogP contribution >= 0.6 is 0 Å². The van der Waals surface area contributed by atoms with Gasteiger partial charge in [0, 0.05) is 49.1 Å². The summed E-state index contributed by atoms with van der Waals surface area (Å²) in [4.78, 5) is 23.9. The van der Waals surface area contributed by atoms with Gasteiger partial charge < -0.3 is 15.0 Å². The summed E-state index contributed by atoms with van der Waals surface area (Å²) in [5.74, 6) is 3.50. The molecule has 0 saturated carbocycles. The highest BCUT2D eigenvalue weighted by atomic mass is 16.5. The third-order valence-electron chi connectivity index (χ3n) is 7.04. The maximum absolute atomic E-state index is 12.2. The van der Waals surface area contributed by atoms with Crippen molar-refractivity contribution < 1.29 is 9.53 Å². The molecule has 3 aliphatic rings. The van der Waals surface area contributed by atoms with Crippen LogP contribution in [0.4, 0.5) is 5.82 Å². The van der Waals surface area contributed by atoms with Crippen molar-refractivity contribution in [3.8, 4) is 0 Å². The summed E-state index contributed by atoms with van der Waals surface area (Å²) in [6.45, 7) is 13.0. The molecule has 3 fully saturated rings. The molecular weight excluding hydrogens is 352 g/mol. The highest BCUT2D eigenvalue weighted by Crippen LogP contribution is 2.55. The zero-order valence-corrected chi connectivity index (χ0v) is 17.9. The number of nitrogens with one attached hydrogen (secondary N) is 1. The number of amides is 1. The summed E-state index contributed by atoms with van der Waals surface area (Å²) < 4.78 is 6.54. The van der Waals surface area contributed by atoms with Crippen LogP contribution in [0.25, 0.3) is 0 Å². The van der Waals surface area contributed by atoms with Gasteiger partial charge in [0.05, 0.1) is 11.7 Å². The molecule has 28 heavy (non-hydrogen) atoms. The van der Waals surface area contributed by atoms with Gasteiger partial charge in [-0.2, -0.15) is 0 Å². The molecule has 4 rings (SSSR count). The first-order valence-electron chi connectivity index (χ1n) is 10.8. The number of hydrogen-bond acceptors (Lipinski definition) is 5. The van der Waals surface area contributed by atoms with E-state index in [9.17, 15) is 4.79 Å². The number of fused-ring (bicyclic) bond motifs is 1. The lowest BCUT2D eigenvalue weighted by Crippen LogP contribution is -2.41. The summed E-state index contributed by atoms with van der Waals surface area (Å²) in [6.07, 6.45) is 4.10. The van der Waals surface area contributed by atoms with E-state index in [0.717, 1.165) is 61.8 Å². The number of hydrogen-bond donors (Lipinski definition) is 1. The second kappa shape index (κ2) is 7.29. The van der Waals surface area contributed by atoms with E-state index in [2.05, 4.69) is 42.9 Å². The van der Waals surface area contributed by atoms with E-state index >= 15 is 0 Å². The molecule has 4 heterocycles. The number of nitrogens with zero attached hydrogens (tertiary/aromatic N) is 3. The van der Waals surface area contributed by atoms with Gasteiger partial charge in [0.1, 0.15) is 11.6 Å². The monoisotopic (exact) mass is 386 g/mol. The van der Waals surface area contributed by atoms with Crippen LogP contribution < -0.4 is 10.2 Å². The molecule has 0 radical (unpaired) electrons. The minimum absolute atomic E-state index is 0.0583. The lowest BCUT2D eigenvalue weighted by Gasteiger charge is -2.29. The zero-order chi connectivity index (χ0) is 20.1. The van der Waals surface area contributed by atoms with Crippen LogP contribution in [-0.4, -0.2) is 47.2 Å². The largest absolute Gasteiger partial charge is 0.369 e. The van der Waals surface area contributed by atoms with E-state index in [-0.39, 0.29) is 11.5 Å². The molecule has 0 aromatic carbocycles. The van der Waals surface area contributed by atoms with Gasteiger partial charge in [-0.1, -0.05) is 13.8 Å². The topological polar surface area (TPSA) is 67.4 Å².